The summed E-state index contributed by atoms with van der Waals surface area (Å²) in [5, 5.41) is 10.4. The second-order valence-electron chi connectivity index (χ2n) is 4.51. The summed E-state index contributed by atoms with van der Waals surface area (Å²) in [5.74, 6) is 0.479. The summed E-state index contributed by atoms with van der Waals surface area (Å²) in [6, 6.07) is 7.59. The molecule has 1 heterocycles. The number of aromatic nitrogens is 1. The average molecular weight is 297 g/mol. The first-order valence-corrected chi connectivity index (χ1v) is 7.44. The van der Waals surface area contributed by atoms with Crippen molar-refractivity contribution < 1.29 is 19.0 Å². The fourth-order valence-corrected chi connectivity index (χ4v) is 2.43. The molecule has 0 aliphatic rings. The first kappa shape index (κ1) is 15.3. The maximum absolute atomic E-state index is 9.85. The molecule has 0 fully saturated rings. The van der Waals surface area contributed by atoms with E-state index in [1.807, 2.05) is 31.2 Å². The van der Waals surface area contributed by atoms with Crippen LogP contribution in [0.5, 0.6) is 0 Å². The summed E-state index contributed by atoms with van der Waals surface area (Å²) in [6.07, 6.45) is -0.585. The van der Waals surface area contributed by atoms with Crippen molar-refractivity contribution in [1.29, 1.82) is 0 Å². The van der Waals surface area contributed by atoms with Gasteiger partial charge in [0.1, 0.15) is 5.52 Å². The largest absolute Gasteiger partial charge is 0.431 e. The summed E-state index contributed by atoms with van der Waals surface area (Å²) in [4.78, 5) is 4.33. The van der Waals surface area contributed by atoms with Gasteiger partial charge < -0.3 is 19.0 Å². The number of aliphatic hydroxyl groups excluding tert-OH is 1. The van der Waals surface area contributed by atoms with Gasteiger partial charge in [-0.15, -0.1) is 0 Å². The van der Waals surface area contributed by atoms with Crippen molar-refractivity contribution in [1.82, 2.24) is 4.98 Å². The predicted molar refractivity (Wildman–Crippen MR) is 78.0 cm³/mol. The molecule has 2 rings (SSSR count). The minimum absolute atomic E-state index is 0.0241. The molecule has 1 N–H and O–H groups in total. The van der Waals surface area contributed by atoms with Crippen LogP contribution in [0.4, 0.5) is 0 Å². The Hall–Kier alpha value is -1.08. The Balaban J connectivity index is 1.76. The zero-order chi connectivity index (χ0) is 14.4. The Kier molecular flexibility index (Phi) is 5.85. The van der Waals surface area contributed by atoms with Crippen molar-refractivity contribution >= 4 is 22.9 Å². The number of fused-ring (bicyclic) bond motifs is 1. The standard InChI is InChI=1S/C14H19NO4S/c1-10(7-17-2)18-8-11(16)9-20-14-15-12-5-3-4-6-13(12)19-14/h3-6,10-11,16H,7-9H2,1-2H3. The van der Waals surface area contributed by atoms with E-state index < -0.39 is 6.10 Å². The number of oxazole rings is 1. The highest BCUT2D eigenvalue weighted by Gasteiger charge is 2.11. The van der Waals surface area contributed by atoms with Gasteiger partial charge in [0.15, 0.2) is 5.58 Å². The van der Waals surface area contributed by atoms with Gasteiger partial charge >= 0.3 is 0 Å². The molecule has 0 radical (unpaired) electrons. The highest BCUT2D eigenvalue weighted by molar-refractivity contribution is 7.99. The van der Waals surface area contributed by atoms with Crippen molar-refractivity contribution in [3.8, 4) is 0 Å². The van der Waals surface area contributed by atoms with Gasteiger partial charge in [0.25, 0.3) is 5.22 Å². The Morgan fingerprint density at radius 2 is 2.15 bits per heavy atom. The van der Waals surface area contributed by atoms with E-state index in [1.165, 1.54) is 11.8 Å². The van der Waals surface area contributed by atoms with Gasteiger partial charge in [0.05, 0.1) is 25.4 Å². The van der Waals surface area contributed by atoms with Gasteiger partial charge in [-0.3, -0.25) is 0 Å². The van der Waals surface area contributed by atoms with E-state index in [4.69, 9.17) is 13.9 Å². The normalized spacial score (nSPS) is 14.6. The first-order valence-electron chi connectivity index (χ1n) is 6.46. The minimum atomic E-state index is -0.561. The second-order valence-corrected chi connectivity index (χ2v) is 5.48. The molecular formula is C14H19NO4S. The Bertz CT molecular complexity index is 498. The molecule has 20 heavy (non-hydrogen) atoms. The number of hydrogen-bond donors (Lipinski definition) is 1. The fraction of sp³-hybridized carbons (Fsp3) is 0.500. The van der Waals surface area contributed by atoms with Gasteiger partial charge in [-0.1, -0.05) is 23.9 Å². The molecule has 1 aromatic carbocycles. The van der Waals surface area contributed by atoms with Crippen molar-refractivity contribution in [3.05, 3.63) is 24.3 Å². The molecule has 5 nitrogen and oxygen atoms in total. The number of para-hydroxylation sites is 2. The molecule has 0 aliphatic carbocycles. The second kappa shape index (κ2) is 7.64. The van der Waals surface area contributed by atoms with E-state index in [1.54, 1.807) is 7.11 Å². The summed E-state index contributed by atoms with van der Waals surface area (Å²) in [5.41, 5.74) is 1.59. The first-order chi connectivity index (χ1) is 9.69. The molecule has 0 aliphatic heterocycles. The fourth-order valence-electron chi connectivity index (χ4n) is 1.69. The number of hydrogen-bond acceptors (Lipinski definition) is 6. The molecule has 110 valence electrons. The van der Waals surface area contributed by atoms with E-state index in [2.05, 4.69) is 4.98 Å². The quantitative estimate of drug-likeness (QED) is 0.754. The third-order valence-electron chi connectivity index (χ3n) is 2.65. The van der Waals surface area contributed by atoms with Crippen LogP contribution in [0.3, 0.4) is 0 Å². The third kappa shape index (κ3) is 4.49. The van der Waals surface area contributed by atoms with Crippen LogP contribution in [-0.4, -0.2) is 48.4 Å². The van der Waals surface area contributed by atoms with Crippen LogP contribution in [0.15, 0.2) is 33.9 Å². The lowest BCUT2D eigenvalue weighted by atomic mass is 10.3. The van der Waals surface area contributed by atoms with Crippen LogP contribution >= 0.6 is 11.8 Å². The zero-order valence-electron chi connectivity index (χ0n) is 11.6. The molecule has 0 saturated heterocycles. The molecule has 2 aromatic rings. The number of benzene rings is 1. The van der Waals surface area contributed by atoms with E-state index in [-0.39, 0.29) is 12.7 Å². The van der Waals surface area contributed by atoms with Crippen LogP contribution < -0.4 is 0 Å². The van der Waals surface area contributed by atoms with E-state index >= 15 is 0 Å². The van der Waals surface area contributed by atoms with Crippen molar-refractivity contribution in [2.45, 2.75) is 24.4 Å². The van der Waals surface area contributed by atoms with Crippen LogP contribution in [0.25, 0.3) is 11.1 Å². The molecule has 0 spiro atoms. The third-order valence-corrected chi connectivity index (χ3v) is 3.62. The maximum Gasteiger partial charge on any atom is 0.256 e. The molecule has 0 amide bonds. The number of thioether (sulfide) groups is 1. The van der Waals surface area contributed by atoms with E-state index in [0.29, 0.717) is 17.6 Å². The molecule has 6 heteroatoms. The molecule has 0 saturated carbocycles. The molecule has 1 aromatic heterocycles. The lowest BCUT2D eigenvalue weighted by molar-refractivity contribution is -0.0257. The van der Waals surface area contributed by atoms with Gasteiger partial charge in [-0.2, -0.15) is 0 Å². The highest BCUT2D eigenvalue weighted by Crippen LogP contribution is 2.23. The highest BCUT2D eigenvalue weighted by atomic mass is 32.2. The van der Waals surface area contributed by atoms with Crippen molar-refractivity contribution in [2.75, 3.05) is 26.1 Å². The summed E-state index contributed by atoms with van der Waals surface area (Å²) < 4.78 is 16.0. The van der Waals surface area contributed by atoms with Crippen molar-refractivity contribution in [2.24, 2.45) is 0 Å². The summed E-state index contributed by atoms with van der Waals surface area (Å²) >= 11 is 1.38. The zero-order valence-corrected chi connectivity index (χ0v) is 12.4. The number of nitrogens with zero attached hydrogens (tertiary/aromatic N) is 1. The number of methoxy groups -OCH3 is 1. The smallest absolute Gasteiger partial charge is 0.256 e. The average Bonchev–Trinajstić information content (AvgIpc) is 2.86. The maximum atomic E-state index is 9.85. The number of rotatable bonds is 8. The van der Waals surface area contributed by atoms with Gasteiger partial charge in [-0.05, 0) is 19.1 Å². The number of aliphatic hydroxyl groups is 1. The van der Waals surface area contributed by atoms with Gasteiger partial charge in [0.2, 0.25) is 0 Å². The number of ether oxygens (including phenoxy) is 2. The molecular weight excluding hydrogens is 278 g/mol. The SMILES string of the molecule is COCC(C)OCC(O)CSc1nc2ccccc2o1. The van der Waals surface area contributed by atoms with Gasteiger partial charge in [0, 0.05) is 12.9 Å². The Morgan fingerprint density at radius 3 is 2.90 bits per heavy atom. The van der Waals surface area contributed by atoms with Crippen LogP contribution in [0.2, 0.25) is 0 Å². The lowest BCUT2D eigenvalue weighted by Crippen LogP contribution is -2.24. The topological polar surface area (TPSA) is 64.7 Å². The van der Waals surface area contributed by atoms with Crippen LogP contribution in [-0.2, 0) is 9.47 Å². The monoisotopic (exact) mass is 297 g/mol. The minimum Gasteiger partial charge on any atom is -0.431 e. The van der Waals surface area contributed by atoms with Gasteiger partial charge in [-0.25, -0.2) is 4.98 Å². The summed E-state index contributed by atoms with van der Waals surface area (Å²) in [7, 11) is 1.62. The summed E-state index contributed by atoms with van der Waals surface area (Å²) in [6.45, 7) is 2.70. The van der Waals surface area contributed by atoms with Crippen molar-refractivity contribution in [3.63, 3.8) is 0 Å². The molecule has 0 bridgehead atoms. The van der Waals surface area contributed by atoms with Crippen LogP contribution in [0, 0.1) is 0 Å². The Morgan fingerprint density at radius 1 is 1.35 bits per heavy atom. The van der Waals surface area contributed by atoms with Crippen LogP contribution in [0.1, 0.15) is 6.92 Å². The van der Waals surface area contributed by atoms with E-state index in [9.17, 15) is 5.11 Å². The molecule has 2 unspecified atom stereocenters. The Labute approximate surface area is 122 Å². The lowest BCUT2D eigenvalue weighted by Gasteiger charge is -2.14. The predicted octanol–water partition coefficient (Wildman–Crippen LogP) is 2.33. The molecule has 2 atom stereocenters. The van der Waals surface area contributed by atoms with E-state index in [0.717, 1.165) is 11.1 Å².